The van der Waals surface area contributed by atoms with Crippen molar-refractivity contribution in [2.24, 2.45) is 0 Å². The Hall–Kier alpha value is -4.73. The van der Waals surface area contributed by atoms with E-state index in [1.54, 1.807) is 36.4 Å². The summed E-state index contributed by atoms with van der Waals surface area (Å²) in [4.78, 5) is 42.1. The number of nitro benzene ring substituents is 2. The third kappa shape index (κ3) is 4.03. The van der Waals surface area contributed by atoms with Gasteiger partial charge in [-0.15, -0.1) is 0 Å². The van der Waals surface area contributed by atoms with Crippen molar-refractivity contribution in [3.8, 4) is 11.3 Å². The summed E-state index contributed by atoms with van der Waals surface area (Å²) < 4.78 is 0. The predicted molar refractivity (Wildman–Crippen MR) is 113 cm³/mol. The van der Waals surface area contributed by atoms with E-state index >= 15 is 0 Å². The van der Waals surface area contributed by atoms with Crippen LogP contribution in [-0.2, 0) is 0 Å². The number of nitro groups is 2. The van der Waals surface area contributed by atoms with Crippen LogP contribution in [0.4, 0.5) is 17.1 Å². The number of hydrogen-bond donors (Lipinski definition) is 1. The number of para-hydroxylation sites is 1. The number of carbonyl (C=O) groups is 1. The zero-order chi connectivity index (χ0) is 22.0. The molecule has 1 N–H and O–H groups in total. The van der Waals surface area contributed by atoms with Crippen LogP contribution >= 0.6 is 0 Å². The maximum absolute atomic E-state index is 12.7. The molecule has 0 aliphatic heterocycles. The highest BCUT2D eigenvalue weighted by Gasteiger charge is 2.16. The summed E-state index contributed by atoms with van der Waals surface area (Å²) in [5, 5.41) is 25.0. The third-order valence-corrected chi connectivity index (χ3v) is 4.49. The number of anilines is 1. The summed E-state index contributed by atoms with van der Waals surface area (Å²) >= 11 is 0. The predicted octanol–water partition coefficient (Wildman–Crippen LogP) is 4.37. The van der Waals surface area contributed by atoms with E-state index in [-0.39, 0.29) is 17.2 Å². The topological polar surface area (TPSA) is 141 Å². The Morgan fingerprint density at radius 1 is 0.774 bits per heavy atom. The van der Waals surface area contributed by atoms with Gasteiger partial charge in [-0.25, -0.2) is 9.97 Å². The second-order valence-electron chi connectivity index (χ2n) is 6.48. The fourth-order valence-electron chi connectivity index (χ4n) is 2.99. The van der Waals surface area contributed by atoms with Gasteiger partial charge in [-0.1, -0.05) is 18.2 Å². The maximum atomic E-state index is 12.7. The number of nitrogens with zero attached hydrogens (tertiary/aromatic N) is 4. The van der Waals surface area contributed by atoms with Gasteiger partial charge < -0.3 is 5.32 Å². The Labute approximate surface area is 174 Å². The summed E-state index contributed by atoms with van der Waals surface area (Å²) in [6.45, 7) is 0. The van der Waals surface area contributed by atoms with Crippen molar-refractivity contribution in [3.63, 3.8) is 0 Å². The second-order valence-corrected chi connectivity index (χ2v) is 6.48. The van der Waals surface area contributed by atoms with Crippen molar-refractivity contribution >= 4 is 33.9 Å². The van der Waals surface area contributed by atoms with E-state index in [4.69, 9.17) is 0 Å². The van der Waals surface area contributed by atoms with E-state index in [2.05, 4.69) is 15.3 Å². The molecular weight excluding hydrogens is 402 g/mol. The molecule has 152 valence electrons. The van der Waals surface area contributed by atoms with E-state index < -0.39 is 15.8 Å². The number of benzene rings is 3. The van der Waals surface area contributed by atoms with Gasteiger partial charge in [0.2, 0.25) is 5.82 Å². The first kappa shape index (κ1) is 19.6. The molecule has 4 aromatic rings. The van der Waals surface area contributed by atoms with Crippen LogP contribution in [0.15, 0.2) is 72.8 Å². The quantitative estimate of drug-likeness (QED) is 0.377. The minimum Gasteiger partial charge on any atom is -0.319 e. The van der Waals surface area contributed by atoms with Crippen LogP contribution in [0.3, 0.4) is 0 Å². The Morgan fingerprint density at radius 2 is 1.35 bits per heavy atom. The molecule has 0 saturated heterocycles. The number of rotatable bonds is 5. The number of amides is 1. The van der Waals surface area contributed by atoms with Gasteiger partial charge in [0.15, 0.2) is 0 Å². The monoisotopic (exact) mass is 415 g/mol. The molecular formula is C21H13N5O5. The lowest BCUT2D eigenvalue weighted by Crippen LogP contribution is -2.16. The summed E-state index contributed by atoms with van der Waals surface area (Å²) in [5.41, 5.74) is 1.77. The van der Waals surface area contributed by atoms with Crippen molar-refractivity contribution in [2.45, 2.75) is 0 Å². The van der Waals surface area contributed by atoms with Gasteiger partial charge in [-0.3, -0.25) is 25.0 Å². The molecule has 31 heavy (non-hydrogen) atoms. The summed E-state index contributed by atoms with van der Waals surface area (Å²) in [6.07, 6.45) is 0. The first-order chi connectivity index (χ1) is 14.9. The zero-order valence-corrected chi connectivity index (χ0v) is 15.8. The largest absolute Gasteiger partial charge is 0.319 e. The first-order valence-electron chi connectivity index (χ1n) is 9.00. The normalized spacial score (nSPS) is 10.6. The lowest BCUT2D eigenvalue weighted by atomic mass is 10.1. The van der Waals surface area contributed by atoms with Crippen LogP contribution in [0.1, 0.15) is 10.6 Å². The fourth-order valence-corrected chi connectivity index (χ4v) is 2.99. The van der Waals surface area contributed by atoms with Gasteiger partial charge >= 0.3 is 0 Å². The molecule has 1 amide bonds. The van der Waals surface area contributed by atoms with Crippen LogP contribution in [-0.4, -0.2) is 25.7 Å². The average molecular weight is 415 g/mol. The molecule has 10 nitrogen and oxygen atoms in total. The summed E-state index contributed by atoms with van der Waals surface area (Å²) in [6, 6.07) is 18.3. The van der Waals surface area contributed by atoms with Crippen LogP contribution in [0.5, 0.6) is 0 Å². The highest BCUT2D eigenvalue weighted by atomic mass is 16.6. The lowest BCUT2D eigenvalue weighted by molar-refractivity contribution is -0.385. The number of non-ortho nitro benzene ring substituents is 2. The van der Waals surface area contributed by atoms with Crippen LogP contribution in [0.2, 0.25) is 0 Å². The van der Waals surface area contributed by atoms with E-state index in [0.717, 1.165) is 0 Å². The molecule has 10 heteroatoms. The van der Waals surface area contributed by atoms with E-state index in [0.29, 0.717) is 27.8 Å². The highest BCUT2D eigenvalue weighted by Crippen LogP contribution is 2.28. The third-order valence-electron chi connectivity index (χ3n) is 4.49. The molecule has 0 unspecified atom stereocenters. The minimum absolute atomic E-state index is 0.0572. The van der Waals surface area contributed by atoms with Crippen molar-refractivity contribution in [1.29, 1.82) is 0 Å². The zero-order valence-electron chi connectivity index (χ0n) is 15.8. The van der Waals surface area contributed by atoms with Crippen LogP contribution in [0, 0.1) is 20.2 Å². The molecule has 0 spiro atoms. The number of hydrogen-bond acceptors (Lipinski definition) is 7. The Kier molecular flexibility index (Phi) is 5.02. The smallest absolute Gasteiger partial charge is 0.293 e. The first-order valence-corrected chi connectivity index (χ1v) is 9.00. The van der Waals surface area contributed by atoms with E-state index in [1.807, 2.05) is 0 Å². The molecule has 0 fully saturated rings. The molecule has 0 atom stereocenters. The molecule has 0 bridgehead atoms. The van der Waals surface area contributed by atoms with Crippen molar-refractivity contribution in [3.05, 3.63) is 98.8 Å². The van der Waals surface area contributed by atoms with Crippen molar-refractivity contribution in [1.82, 2.24) is 9.97 Å². The lowest BCUT2D eigenvalue weighted by Gasteiger charge is -2.09. The van der Waals surface area contributed by atoms with Gasteiger partial charge in [0.1, 0.15) is 0 Å². The second kappa shape index (κ2) is 7.95. The van der Waals surface area contributed by atoms with Crippen molar-refractivity contribution < 1.29 is 14.6 Å². The van der Waals surface area contributed by atoms with Gasteiger partial charge in [0, 0.05) is 40.9 Å². The number of carbonyl (C=O) groups excluding carboxylic acids is 1. The van der Waals surface area contributed by atoms with E-state index in [1.165, 1.54) is 36.4 Å². The van der Waals surface area contributed by atoms with Crippen LogP contribution in [0.25, 0.3) is 22.2 Å². The molecule has 0 aliphatic carbocycles. The van der Waals surface area contributed by atoms with Gasteiger partial charge in [0.05, 0.1) is 21.1 Å². The van der Waals surface area contributed by atoms with Crippen LogP contribution < -0.4 is 5.32 Å². The fraction of sp³-hybridized carbons (Fsp3) is 0. The molecule has 0 radical (unpaired) electrons. The van der Waals surface area contributed by atoms with E-state index in [9.17, 15) is 25.0 Å². The van der Waals surface area contributed by atoms with Gasteiger partial charge in [-0.05, 0) is 30.3 Å². The minimum atomic E-state index is -0.595. The molecule has 0 saturated carbocycles. The summed E-state index contributed by atoms with van der Waals surface area (Å²) in [5.74, 6) is -0.701. The number of aromatic nitrogens is 2. The highest BCUT2D eigenvalue weighted by molar-refractivity contribution is 6.04. The Morgan fingerprint density at radius 3 is 1.97 bits per heavy atom. The number of fused-ring (bicyclic) bond motifs is 1. The molecule has 1 heterocycles. The average Bonchev–Trinajstić information content (AvgIpc) is 2.78. The van der Waals surface area contributed by atoms with Gasteiger partial charge in [-0.2, -0.15) is 0 Å². The molecule has 1 aromatic heterocycles. The van der Waals surface area contributed by atoms with Crippen molar-refractivity contribution in [2.75, 3.05) is 5.32 Å². The van der Waals surface area contributed by atoms with Gasteiger partial charge in [0.25, 0.3) is 17.3 Å². The Bertz CT molecular complexity index is 1320. The summed E-state index contributed by atoms with van der Waals surface area (Å²) in [7, 11) is 0. The molecule has 4 rings (SSSR count). The maximum Gasteiger partial charge on any atom is 0.293 e. The molecule has 0 aliphatic rings. The standard InChI is InChI=1S/C21H13N5O5/c27-21(22-14-7-11-16(12-8-14)26(30)31)20-23-18-4-2-1-3-17(18)19(24-20)13-5-9-15(10-6-13)25(28)29/h1-12H,(H,22,27). The number of nitrogens with one attached hydrogen (secondary N) is 1. The Balaban J connectivity index is 1.72. The molecule has 3 aromatic carbocycles. The SMILES string of the molecule is O=C(Nc1ccc([N+](=O)[O-])cc1)c1nc(-c2ccc([N+](=O)[O-])cc2)c2ccccc2n1.